The van der Waals surface area contributed by atoms with E-state index in [4.69, 9.17) is 4.74 Å². The maximum Gasteiger partial charge on any atom is 0.321 e. The van der Waals surface area contributed by atoms with Crippen LogP contribution in [-0.4, -0.2) is 43.1 Å². The molecule has 0 spiro atoms. The SMILES string of the molecule is O=C(COc1ccccc1)NCCC1CCN(C(=O)Nc2ccc(F)cc2)CC1. The van der Waals surface area contributed by atoms with Gasteiger partial charge < -0.3 is 20.3 Å². The van der Waals surface area contributed by atoms with E-state index in [9.17, 15) is 14.0 Å². The monoisotopic (exact) mass is 399 g/mol. The topological polar surface area (TPSA) is 70.7 Å². The molecule has 0 saturated carbocycles. The summed E-state index contributed by atoms with van der Waals surface area (Å²) < 4.78 is 18.4. The van der Waals surface area contributed by atoms with E-state index in [-0.39, 0.29) is 24.4 Å². The van der Waals surface area contributed by atoms with Gasteiger partial charge in [0, 0.05) is 25.3 Å². The zero-order chi connectivity index (χ0) is 20.5. The third-order valence-electron chi connectivity index (χ3n) is 4.99. The number of hydrogen-bond acceptors (Lipinski definition) is 3. The van der Waals surface area contributed by atoms with Gasteiger partial charge in [0.1, 0.15) is 11.6 Å². The molecule has 0 atom stereocenters. The molecule has 154 valence electrons. The van der Waals surface area contributed by atoms with E-state index in [2.05, 4.69) is 10.6 Å². The third-order valence-corrected chi connectivity index (χ3v) is 4.99. The Morgan fingerprint density at radius 2 is 1.72 bits per heavy atom. The van der Waals surface area contributed by atoms with E-state index in [0.717, 1.165) is 19.3 Å². The number of amides is 3. The number of nitrogens with zero attached hydrogens (tertiary/aromatic N) is 1. The van der Waals surface area contributed by atoms with Crippen molar-refractivity contribution in [2.24, 2.45) is 5.92 Å². The Bertz CT molecular complexity index is 791. The predicted octanol–water partition coefficient (Wildman–Crippen LogP) is 3.65. The molecule has 2 N–H and O–H groups in total. The molecule has 1 saturated heterocycles. The minimum absolute atomic E-state index is 0.00597. The molecule has 1 aliphatic rings. The second-order valence-electron chi connectivity index (χ2n) is 7.11. The number of para-hydroxylation sites is 1. The van der Waals surface area contributed by atoms with Crippen molar-refractivity contribution in [3.8, 4) is 5.75 Å². The van der Waals surface area contributed by atoms with Crippen LogP contribution in [0.25, 0.3) is 0 Å². The summed E-state index contributed by atoms with van der Waals surface area (Å²) in [7, 11) is 0. The fourth-order valence-corrected chi connectivity index (χ4v) is 3.29. The van der Waals surface area contributed by atoms with Crippen molar-refractivity contribution in [1.29, 1.82) is 0 Å². The van der Waals surface area contributed by atoms with Crippen LogP contribution in [0.2, 0.25) is 0 Å². The van der Waals surface area contributed by atoms with Crippen LogP contribution in [-0.2, 0) is 4.79 Å². The van der Waals surface area contributed by atoms with Gasteiger partial charge in [-0.2, -0.15) is 0 Å². The average Bonchev–Trinajstić information content (AvgIpc) is 2.75. The highest BCUT2D eigenvalue weighted by molar-refractivity contribution is 5.89. The smallest absolute Gasteiger partial charge is 0.321 e. The van der Waals surface area contributed by atoms with E-state index in [1.165, 1.54) is 12.1 Å². The summed E-state index contributed by atoms with van der Waals surface area (Å²) in [6.07, 6.45) is 2.67. The highest BCUT2D eigenvalue weighted by Gasteiger charge is 2.22. The molecule has 0 aromatic heterocycles. The van der Waals surface area contributed by atoms with E-state index in [0.29, 0.717) is 37.0 Å². The number of urea groups is 1. The van der Waals surface area contributed by atoms with E-state index in [1.807, 2.05) is 30.3 Å². The Morgan fingerprint density at radius 3 is 2.41 bits per heavy atom. The van der Waals surface area contributed by atoms with Gasteiger partial charge >= 0.3 is 6.03 Å². The average molecular weight is 399 g/mol. The summed E-state index contributed by atoms with van der Waals surface area (Å²) >= 11 is 0. The second-order valence-corrected chi connectivity index (χ2v) is 7.11. The number of carbonyl (C=O) groups is 2. The maximum atomic E-state index is 12.9. The molecule has 0 radical (unpaired) electrons. The Hall–Kier alpha value is -3.09. The number of nitrogens with one attached hydrogen (secondary N) is 2. The lowest BCUT2D eigenvalue weighted by Crippen LogP contribution is -2.41. The van der Waals surface area contributed by atoms with Gasteiger partial charge in [-0.3, -0.25) is 4.79 Å². The van der Waals surface area contributed by atoms with Crippen LogP contribution in [0.4, 0.5) is 14.9 Å². The highest BCUT2D eigenvalue weighted by atomic mass is 19.1. The van der Waals surface area contributed by atoms with Crippen LogP contribution in [0.5, 0.6) is 5.75 Å². The normalized spacial score (nSPS) is 14.3. The zero-order valence-corrected chi connectivity index (χ0v) is 16.3. The maximum absolute atomic E-state index is 12.9. The van der Waals surface area contributed by atoms with Crippen LogP contribution < -0.4 is 15.4 Å². The molecule has 29 heavy (non-hydrogen) atoms. The molecular weight excluding hydrogens is 373 g/mol. The molecule has 3 amide bonds. The van der Waals surface area contributed by atoms with Crippen LogP contribution in [0.1, 0.15) is 19.3 Å². The first-order valence-corrected chi connectivity index (χ1v) is 9.86. The highest BCUT2D eigenvalue weighted by Crippen LogP contribution is 2.21. The lowest BCUT2D eigenvalue weighted by atomic mass is 9.94. The summed E-state index contributed by atoms with van der Waals surface area (Å²) in [4.78, 5) is 25.9. The van der Waals surface area contributed by atoms with Gasteiger partial charge in [0.2, 0.25) is 0 Å². The Balaban J connectivity index is 1.30. The molecular formula is C22H26FN3O3. The summed E-state index contributed by atoms with van der Waals surface area (Å²) in [6, 6.07) is 14.8. The summed E-state index contributed by atoms with van der Waals surface area (Å²) in [5.74, 6) is 0.682. The Kier molecular flexibility index (Phi) is 7.44. The van der Waals surface area contributed by atoms with Gasteiger partial charge in [0.05, 0.1) is 0 Å². The standard InChI is InChI=1S/C22H26FN3O3/c23-18-6-8-19(9-7-18)25-22(28)26-14-11-17(12-15-26)10-13-24-21(27)16-29-20-4-2-1-3-5-20/h1-9,17H,10-16H2,(H,24,27)(H,25,28). The molecule has 6 nitrogen and oxygen atoms in total. The lowest BCUT2D eigenvalue weighted by molar-refractivity contribution is -0.123. The number of piperidine rings is 1. The van der Waals surface area contributed by atoms with Gasteiger partial charge in [-0.15, -0.1) is 0 Å². The van der Waals surface area contributed by atoms with Crippen LogP contribution >= 0.6 is 0 Å². The van der Waals surface area contributed by atoms with E-state index >= 15 is 0 Å². The van der Waals surface area contributed by atoms with E-state index < -0.39 is 0 Å². The van der Waals surface area contributed by atoms with Crippen molar-refractivity contribution in [1.82, 2.24) is 10.2 Å². The molecule has 0 bridgehead atoms. The first kappa shape index (κ1) is 20.6. The third kappa shape index (κ3) is 6.78. The second kappa shape index (κ2) is 10.5. The Morgan fingerprint density at radius 1 is 1.03 bits per heavy atom. The number of halogens is 1. The summed E-state index contributed by atoms with van der Waals surface area (Å²) in [5, 5.41) is 5.67. The predicted molar refractivity (Wildman–Crippen MR) is 109 cm³/mol. The minimum atomic E-state index is -0.331. The first-order chi connectivity index (χ1) is 14.1. The summed E-state index contributed by atoms with van der Waals surface area (Å²) in [6.45, 7) is 1.95. The zero-order valence-electron chi connectivity index (χ0n) is 16.3. The number of anilines is 1. The molecule has 2 aromatic carbocycles. The quantitative estimate of drug-likeness (QED) is 0.747. The van der Waals surface area contributed by atoms with Crippen molar-refractivity contribution in [2.45, 2.75) is 19.3 Å². The lowest BCUT2D eigenvalue weighted by Gasteiger charge is -2.32. The van der Waals surface area contributed by atoms with Crippen LogP contribution in [0, 0.1) is 11.7 Å². The number of ether oxygens (including phenoxy) is 1. The first-order valence-electron chi connectivity index (χ1n) is 9.86. The molecule has 7 heteroatoms. The molecule has 2 aromatic rings. The molecule has 0 unspecified atom stereocenters. The largest absolute Gasteiger partial charge is 0.484 e. The Labute approximate surface area is 170 Å². The molecule has 0 aliphatic carbocycles. The minimum Gasteiger partial charge on any atom is -0.484 e. The van der Waals surface area contributed by atoms with Crippen molar-refractivity contribution in [3.05, 3.63) is 60.4 Å². The van der Waals surface area contributed by atoms with Crippen LogP contribution in [0.15, 0.2) is 54.6 Å². The number of rotatable bonds is 7. The number of likely N-dealkylation sites (tertiary alicyclic amines) is 1. The van der Waals surface area contributed by atoms with Crippen LogP contribution in [0.3, 0.4) is 0 Å². The van der Waals surface area contributed by atoms with Gasteiger partial charge in [-0.25, -0.2) is 9.18 Å². The van der Waals surface area contributed by atoms with Crippen molar-refractivity contribution in [2.75, 3.05) is 31.6 Å². The van der Waals surface area contributed by atoms with Gasteiger partial charge in [-0.05, 0) is 61.6 Å². The van der Waals surface area contributed by atoms with Gasteiger partial charge in [-0.1, -0.05) is 18.2 Å². The molecule has 1 aliphatic heterocycles. The van der Waals surface area contributed by atoms with E-state index in [1.54, 1.807) is 17.0 Å². The number of hydrogen-bond donors (Lipinski definition) is 2. The van der Waals surface area contributed by atoms with Gasteiger partial charge in [0.25, 0.3) is 5.91 Å². The van der Waals surface area contributed by atoms with Gasteiger partial charge in [0.15, 0.2) is 6.61 Å². The van der Waals surface area contributed by atoms with Crippen molar-refractivity contribution in [3.63, 3.8) is 0 Å². The molecule has 1 heterocycles. The molecule has 1 fully saturated rings. The fourth-order valence-electron chi connectivity index (χ4n) is 3.29. The number of benzene rings is 2. The molecule has 3 rings (SSSR count). The van der Waals surface area contributed by atoms with Crippen molar-refractivity contribution < 1.29 is 18.7 Å². The van der Waals surface area contributed by atoms with Crippen molar-refractivity contribution >= 4 is 17.6 Å². The summed E-state index contributed by atoms with van der Waals surface area (Å²) in [5.41, 5.74) is 0.582. The fraction of sp³-hybridized carbons (Fsp3) is 0.364. The number of carbonyl (C=O) groups excluding carboxylic acids is 2.